The smallest absolute Gasteiger partial charge is 0.207 e. The molecule has 1 saturated heterocycles. The molecule has 110 valence electrons. The lowest BCUT2D eigenvalue weighted by Crippen LogP contribution is -2.36. The highest BCUT2D eigenvalue weighted by molar-refractivity contribution is 5.59. The van der Waals surface area contributed by atoms with Gasteiger partial charge in [-0.15, -0.1) is 6.58 Å². The van der Waals surface area contributed by atoms with Crippen molar-refractivity contribution in [3.63, 3.8) is 0 Å². The Morgan fingerprint density at radius 3 is 2.71 bits per heavy atom. The Balaban J connectivity index is 1.69. The summed E-state index contributed by atoms with van der Waals surface area (Å²) >= 11 is 0. The first-order valence-electron chi connectivity index (χ1n) is 7.18. The van der Waals surface area contributed by atoms with Gasteiger partial charge < -0.3 is 19.5 Å². The van der Waals surface area contributed by atoms with Crippen molar-refractivity contribution < 1.29 is 4.74 Å². The van der Waals surface area contributed by atoms with E-state index < -0.39 is 0 Å². The lowest BCUT2D eigenvalue weighted by atomic mass is 10.2. The third-order valence-corrected chi connectivity index (χ3v) is 3.54. The van der Waals surface area contributed by atoms with Crippen molar-refractivity contribution in [3.8, 4) is 0 Å². The summed E-state index contributed by atoms with van der Waals surface area (Å²) < 4.78 is 7.39. The first-order chi connectivity index (χ1) is 10.4. The largest absolute Gasteiger partial charge is 0.378 e. The average molecular weight is 284 g/mol. The van der Waals surface area contributed by atoms with E-state index in [1.165, 1.54) is 5.69 Å². The zero-order chi connectivity index (χ0) is 14.5. The first-order valence-corrected chi connectivity index (χ1v) is 7.18. The van der Waals surface area contributed by atoms with Gasteiger partial charge in [-0.25, -0.2) is 4.98 Å². The second kappa shape index (κ2) is 6.45. The predicted octanol–water partition coefficient (Wildman–Crippen LogP) is 2.65. The molecule has 0 saturated carbocycles. The minimum atomic E-state index is 0.744. The summed E-state index contributed by atoms with van der Waals surface area (Å²) in [6.45, 7) is 8.02. The van der Waals surface area contributed by atoms with Gasteiger partial charge in [0.05, 0.1) is 13.2 Å². The molecule has 21 heavy (non-hydrogen) atoms. The number of morpholine rings is 1. The fourth-order valence-corrected chi connectivity index (χ4v) is 2.43. The zero-order valence-electron chi connectivity index (χ0n) is 12.0. The van der Waals surface area contributed by atoms with Crippen LogP contribution < -0.4 is 10.2 Å². The van der Waals surface area contributed by atoms with Crippen LogP contribution in [0.2, 0.25) is 0 Å². The number of benzene rings is 1. The third-order valence-electron chi connectivity index (χ3n) is 3.54. The van der Waals surface area contributed by atoms with E-state index in [0.29, 0.717) is 0 Å². The van der Waals surface area contributed by atoms with Gasteiger partial charge in [-0.05, 0) is 24.3 Å². The zero-order valence-corrected chi connectivity index (χ0v) is 12.0. The fraction of sp³-hybridized carbons (Fsp3) is 0.312. The standard InChI is InChI=1S/C16H20N4O/c1-2-8-20-9-7-17-16(20)18-14-3-5-15(6-4-14)19-10-12-21-13-11-19/h2-7,9H,1,8,10-13H2,(H,17,18). The molecule has 2 heterocycles. The second-order valence-electron chi connectivity index (χ2n) is 4.96. The Morgan fingerprint density at radius 1 is 1.24 bits per heavy atom. The lowest BCUT2D eigenvalue weighted by Gasteiger charge is -2.28. The Hall–Kier alpha value is -2.27. The van der Waals surface area contributed by atoms with E-state index in [2.05, 4.69) is 46.0 Å². The number of ether oxygens (including phenoxy) is 1. The van der Waals surface area contributed by atoms with Gasteiger partial charge in [0.2, 0.25) is 5.95 Å². The Morgan fingerprint density at radius 2 is 2.00 bits per heavy atom. The van der Waals surface area contributed by atoms with Crippen LogP contribution in [0.15, 0.2) is 49.3 Å². The number of allylic oxidation sites excluding steroid dienone is 1. The monoisotopic (exact) mass is 284 g/mol. The van der Waals surface area contributed by atoms with Crippen molar-refractivity contribution in [1.82, 2.24) is 9.55 Å². The number of nitrogens with one attached hydrogen (secondary N) is 1. The van der Waals surface area contributed by atoms with Gasteiger partial charge in [0, 0.05) is 43.4 Å². The van der Waals surface area contributed by atoms with E-state index in [4.69, 9.17) is 4.74 Å². The van der Waals surface area contributed by atoms with E-state index in [1.54, 1.807) is 6.20 Å². The average Bonchev–Trinajstić information content (AvgIpc) is 2.96. The van der Waals surface area contributed by atoms with Gasteiger partial charge in [-0.2, -0.15) is 0 Å². The maximum atomic E-state index is 5.38. The van der Waals surface area contributed by atoms with Gasteiger partial charge in [0.25, 0.3) is 0 Å². The molecule has 5 nitrogen and oxygen atoms in total. The summed E-state index contributed by atoms with van der Waals surface area (Å²) in [5, 5.41) is 3.33. The molecule has 1 fully saturated rings. The molecule has 5 heteroatoms. The van der Waals surface area contributed by atoms with Crippen molar-refractivity contribution in [2.24, 2.45) is 0 Å². The molecule has 2 aromatic rings. The molecule has 0 unspecified atom stereocenters. The highest BCUT2D eigenvalue weighted by Gasteiger charge is 2.11. The highest BCUT2D eigenvalue weighted by atomic mass is 16.5. The number of rotatable bonds is 5. The summed E-state index contributed by atoms with van der Waals surface area (Å²) in [5.41, 5.74) is 2.27. The van der Waals surface area contributed by atoms with Crippen molar-refractivity contribution in [3.05, 3.63) is 49.3 Å². The van der Waals surface area contributed by atoms with Gasteiger partial charge in [-0.1, -0.05) is 6.08 Å². The van der Waals surface area contributed by atoms with Crippen LogP contribution in [0.4, 0.5) is 17.3 Å². The molecule has 0 atom stereocenters. The summed E-state index contributed by atoms with van der Waals surface area (Å²) in [4.78, 5) is 6.66. The summed E-state index contributed by atoms with van der Waals surface area (Å²) in [7, 11) is 0. The van der Waals surface area contributed by atoms with Crippen molar-refractivity contribution >= 4 is 17.3 Å². The minimum Gasteiger partial charge on any atom is -0.378 e. The Labute approximate surface area is 124 Å². The van der Waals surface area contributed by atoms with E-state index >= 15 is 0 Å². The molecule has 1 aliphatic heterocycles. The van der Waals surface area contributed by atoms with Crippen LogP contribution in [0.5, 0.6) is 0 Å². The number of hydrogen-bond acceptors (Lipinski definition) is 4. The maximum Gasteiger partial charge on any atom is 0.207 e. The highest BCUT2D eigenvalue weighted by Crippen LogP contribution is 2.21. The van der Waals surface area contributed by atoms with Crippen LogP contribution in [0, 0.1) is 0 Å². The topological polar surface area (TPSA) is 42.3 Å². The SMILES string of the molecule is C=CCn1ccnc1Nc1ccc(N2CCOCC2)cc1. The van der Waals surface area contributed by atoms with Crippen LogP contribution in [0.1, 0.15) is 0 Å². The second-order valence-corrected chi connectivity index (χ2v) is 4.96. The molecule has 0 amide bonds. The van der Waals surface area contributed by atoms with Gasteiger partial charge >= 0.3 is 0 Å². The summed E-state index contributed by atoms with van der Waals surface area (Å²) in [6.07, 6.45) is 5.58. The normalized spacial score (nSPS) is 15.0. The van der Waals surface area contributed by atoms with Gasteiger partial charge in [-0.3, -0.25) is 0 Å². The summed E-state index contributed by atoms with van der Waals surface area (Å²) in [6, 6.07) is 8.43. The molecule has 1 aromatic carbocycles. The Bertz CT molecular complexity index is 585. The van der Waals surface area contributed by atoms with Crippen LogP contribution >= 0.6 is 0 Å². The number of hydrogen-bond donors (Lipinski definition) is 1. The van der Waals surface area contributed by atoms with Crippen LogP contribution in [-0.2, 0) is 11.3 Å². The van der Waals surface area contributed by atoms with Crippen molar-refractivity contribution in [1.29, 1.82) is 0 Å². The molecule has 0 radical (unpaired) electrons. The molecule has 1 aromatic heterocycles. The minimum absolute atomic E-state index is 0.744. The van der Waals surface area contributed by atoms with Crippen LogP contribution in [0.3, 0.4) is 0 Å². The Kier molecular flexibility index (Phi) is 4.21. The molecule has 1 aliphatic rings. The molecular weight excluding hydrogens is 264 g/mol. The van der Waals surface area contributed by atoms with Crippen molar-refractivity contribution in [2.75, 3.05) is 36.5 Å². The van der Waals surface area contributed by atoms with E-state index in [9.17, 15) is 0 Å². The molecule has 0 bridgehead atoms. The number of aromatic nitrogens is 2. The molecule has 1 N–H and O–H groups in total. The molecular formula is C16H20N4O. The van der Waals surface area contributed by atoms with Gasteiger partial charge in [0.15, 0.2) is 0 Å². The number of imidazole rings is 1. The third kappa shape index (κ3) is 3.25. The van der Waals surface area contributed by atoms with Crippen LogP contribution in [-0.4, -0.2) is 35.9 Å². The van der Waals surface area contributed by atoms with Crippen LogP contribution in [0.25, 0.3) is 0 Å². The maximum absolute atomic E-state index is 5.38. The fourth-order valence-electron chi connectivity index (χ4n) is 2.43. The van der Waals surface area contributed by atoms with E-state index in [0.717, 1.165) is 44.5 Å². The lowest BCUT2D eigenvalue weighted by molar-refractivity contribution is 0.122. The van der Waals surface area contributed by atoms with Crippen molar-refractivity contribution in [2.45, 2.75) is 6.54 Å². The first kappa shape index (κ1) is 13.7. The number of anilines is 3. The quantitative estimate of drug-likeness (QED) is 0.857. The summed E-state index contributed by atoms with van der Waals surface area (Å²) in [5.74, 6) is 0.828. The van der Waals surface area contributed by atoms with E-state index in [-0.39, 0.29) is 0 Å². The molecule has 0 aliphatic carbocycles. The molecule has 0 spiro atoms. The number of nitrogens with zero attached hydrogens (tertiary/aromatic N) is 3. The predicted molar refractivity (Wildman–Crippen MR) is 85.2 cm³/mol. The van der Waals surface area contributed by atoms with E-state index in [1.807, 2.05) is 16.8 Å². The molecule has 3 rings (SSSR count). The van der Waals surface area contributed by atoms with Gasteiger partial charge in [0.1, 0.15) is 0 Å².